The standard InChI is InChI=1S/C13H24N4O/c1-16-7-6-15-13(16)11-17(8-9-18-2)10-12-4-3-5-14-12/h6-7,12,14H,3-5,8-11H2,1-2H3. The van der Waals surface area contributed by atoms with Gasteiger partial charge in [0.05, 0.1) is 13.2 Å². The molecule has 18 heavy (non-hydrogen) atoms. The minimum Gasteiger partial charge on any atom is -0.383 e. The Kier molecular flexibility index (Phi) is 5.16. The van der Waals surface area contributed by atoms with E-state index in [-0.39, 0.29) is 0 Å². The van der Waals surface area contributed by atoms with Gasteiger partial charge in [-0.05, 0) is 19.4 Å². The van der Waals surface area contributed by atoms with E-state index in [4.69, 9.17) is 4.74 Å². The van der Waals surface area contributed by atoms with E-state index in [1.165, 1.54) is 12.8 Å². The first-order chi connectivity index (χ1) is 8.79. The number of nitrogens with zero attached hydrogens (tertiary/aromatic N) is 3. The monoisotopic (exact) mass is 252 g/mol. The van der Waals surface area contributed by atoms with Crippen LogP contribution < -0.4 is 5.32 Å². The van der Waals surface area contributed by atoms with E-state index in [0.717, 1.165) is 38.6 Å². The number of hydrogen-bond acceptors (Lipinski definition) is 4. The van der Waals surface area contributed by atoms with Crippen molar-refractivity contribution in [1.29, 1.82) is 0 Å². The van der Waals surface area contributed by atoms with Crippen LogP contribution in [0.15, 0.2) is 12.4 Å². The van der Waals surface area contributed by atoms with Crippen molar-refractivity contribution in [1.82, 2.24) is 19.8 Å². The fraction of sp³-hybridized carbons (Fsp3) is 0.769. The molecule has 0 amide bonds. The molecule has 2 heterocycles. The van der Waals surface area contributed by atoms with Gasteiger partial charge >= 0.3 is 0 Å². The minimum absolute atomic E-state index is 0.627. The van der Waals surface area contributed by atoms with Gasteiger partial charge in [-0.3, -0.25) is 4.90 Å². The Morgan fingerprint density at radius 2 is 2.50 bits per heavy atom. The molecule has 1 N–H and O–H groups in total. The van der Waals surface area contributed by atoms with Crippen molar-refractivity contribution >= 4 is 0 Å². The molecule has 1 aromatic rings. The fourth-order valence-corrected chi connectivity index (χ4v) is 2.43. The summed E-state index contributed by atoms with van der Waals surface area (Å²) in [5, 5.41) is 3.55. The normalized spacial score (nSPS) is 19.8. The summed E-state index contributed by atoms with van der Waals surface area (Å²) in [5.41, 5.74) is 0. The average Bonchev–Trinajstić information content (AvgIpc) is 2.99. The molecule has 102 valence electrons. The molecule has 0 aliphatic carbocycles. The van der Waals surface area contributed by atoms with Crippen LogP contribution in [-0.4, -0.2) is 53.8 Å². The van der Waals surface area contributed by atoms with Crippen LogP contribution in [0.2, 0.25) is 0 Å². The maximum Gasteiger partial charge on any atom is 0.122 e. The van der Waals surface area contributed by atoms with Crippen LogP contribution in [0.5, 0.6) is 0 Å². The molecule has 0 saturated carbocycles. The lowest BCUT2D eigenvalue weighted by Crippen LogP contribution is -2.39. The zero-order valence-electron chi connectivity index (χ0n) is 11.4. The van der Waals surface area contributed by atoms with Gasteiger partial charge in [0, 0.05) is 45.7 Å². The van der Waals surface area contributed by atoms with Crippen molar-refractivity contribution in [3.63, 3.8) is 0 Å². The molecule has 1 atom stereocenters. The maximum absolute atomic E-state index is 5.20. The number of imidazole rings is 1. The van der Waals surface area contributed by atoms with Gasteiger partial charge in [-0.15, -0.1) is 0 Å². The third-order valence-corrected chi connectivity index (χ3v) is 3.54. The molecular weight excluding hydrogens is 228 g/mol. The van der Waals surface area contributed by atoms with Crippen molar-refractivity contribution in [3.8, 4) is 0 Å². The summed E-state index contributed by atoms with van der Waals surface area (Å²) in [5.74, 6) is 1.11. The topological polar surface area (TPSA) is 42.3 Å². The van der Waals surface area contributed by atoms with Crippen LogP contribution in [0.25, 0.3) is 0 Å². The predicted molar refractivity (Wildman–Crippen MR) is 71.4 cm³/mol. The van der Waals surface area contributed by atoms with Crippen molar-refractivity contribution in [2.24, 2.45) is 7.05 Å². The number of nitrogens with one attached hydrogen (secondary N) is 1. The second kappa shape index (κ2) is 6.87. The minimum atomic E-state index is 0.627. The average molecular weight is 252 g/mol. The zero-order chi connectivity index (χ0) is 12.8. The lowest BCUT2D eigenvalue weighted by molar-refractivity contribution is 0.136. The summed E-state index contributed by atoms with van der Waals surface area (Å²) in [6, 6.07) is 0.627. The lowest BCUT2D eigenvalue weighted by Gasteiger charge is -2.25. The molecule has 5 heteroatoms. The highest BCUT2D eigenvalue weighted by molar-refractivity contribution is 4.91. The smallest absolute Gasteiger partial charge is 0.122 e. The predicted octanol–water partition coefficient (Wildman–Crippen LogP) is 0.620. The van der Waals surface area contributed by atoms with E-state index >= 15 is 0 Å². The molecule has 1 aliphatic rings. The fourth-order valence-electron chi connectivity index (χ4n) is 2.43. The number of aryl methyl sites for hydroxylation is 1. The molecular formula is C13H24N4O. The Balaban J connectivity index is 1.89. The van der Waals surface area contributed by atoms with E-state index < -0.39 is 0 Å². The molecule has 5 nitrogen and oxygen atoms in total. The second-order valence-electron chi connectivity index (χ2n) is 4.98. The molecule has 0 bridgehead atoms. The molecule has 1 aromatic heterocycles. The molecule has 2 rings (SSSR count). The van der Waals surface area contributed by atoms with Crippen LogP contribution in [0, 0.1) is 0 Å². The second-order valence-corrected chi connectivity index (χ2v) is 4.98. The molecule has 1 unspecified atom stereocenters. The van der Waals surface area contributed by atoms with Gasteiger partial charge in [0.25, 0.3) is 0 Å². The van der Waals surface area contributed by atoms with Crippen LogP contribution in [0.3, 0.4) is 0 Å². The van der Waals surface area contributed by atoms with Gasteiger partial charge in [0.15, 0.2) is 0 Å². The Morgan fingerprint density at radius 3 is 3.11 bits per heavy atom. The van der Waals surface area contributed by atoms with Crippen molar-refractivity contribution in [2.75, 3.05) is 33.4 Å². The van der Waals surface area contributed by atoms with Crippen LogP contribution in [0.1, 0.15) is 18.7 Å². The van der Waals surface area contributed by atoms with E-state index in [0.29, 0.717) is 6.04 Å². The number of hydrogen-bond donors (Lipinski definition) is 1. The first-order valence-corrected chi connectivity index (χ1v) is 6.70. The van der Waals surface area contributed by atoms with Gasteiger partial charge in [-0.1, -0.05) is 0 Å². The summed E-state index contributed by atoms with van der Waals surface area (Å²) in [4.78, 5) is 6.82. The third-order valence-electron chi connectivity index (χ3n) is 3.54. The Bertz CT molecular complexity index is 347. The zero-order valence-corrected chi connectivity index (χ0v) is 11.4. The summed E-state index contributed by atoms with van der Waals surface area (Å²) in [6.07, 6.45) is 6.44. The lowest BCUT2D eigenvalue weighted by atomic mass is 10.2. The summed E-state index contributed by atoms with van der Waals surface area (Å²) in [6.45, 7) is 4.87. The summed E-state index contributed by atoms with van der Waals surface area (Å²) < 4.78 is 7.28. The first kappa shape index (κ1) is 13.5. The third kappa shape index (κ3) is 3.80. The summed E-state index contributed by atoms with van der Waals surface area (Å²) >= 11 is 0. The first-order valence-electron chi connectivity index (χ1n) is 6.70. The molecule has 1 saturated heterocycles. The van der Waals surface area contributed by atoms with E-state index in [9.17, 15) is 0 Å². The highest BCUT2D eigenvalue weighted by atomic mass is 16.5. The van der Waals surface area contributed by atoms with Gasteiger partial charge in [0.1, 0.15) is 5.82 Å². The van der Waals surface area contributed by atoms with Gasteiger partial charge < -0.3 is 14.6 Å². The highest BCUT2D eigenvalue weighted by Gasteiger charge is 2.18. The van der Waals surface area contributed by atoms with Gasteiger partial charge in [-0.2, -0.15) is 0 Å². The molecule has 0 radical (unpaired) electrons. The molecule has 1 fully saturated rings. The number of ether oxygens (including phenoxy) is 1. The van der Waals surface area contributed by atoms with E-state index in [2.05, 4.69) is 19.8 Å². The van der Waals surface area contributed by atoms with Crippen molar-refractivity contribution in [2.45, 2.75) is 25.4 Å². The largest absolute Gasteiger partial charge is 0.383 e. The van der Waals surface area contributed by atoms with Crippen molar-refractivity contribution in [3.05, 3.63) is 18.2 Å². The van der Waals surface area contributed by atoms with Gasteiger partial charge in [0.2, 0.25) is 0 Å². The number of methoxy groups -OCH3 is 1. The van der Waals surface area contributed by atoms with Crippen LogP contribution >= 0.6 is 0 Å². The Morgan fingerprint density at radius 1 is 1.61 bits per heavy atom. The number of rotatable bonds is 7. The Hall–Kier alpha value is -0.910. The maximum atomic E-state index is 5.20. The molecule has 1 aliphatic heterocycles. The van der Waals surface area contributed by atoms with Crippen LogP contribution in [-0.2, 0) is 18.3 Å². The van der Waals surface area contributed by atoms with Crippen LogP contribution in [0.4, 0.5) is 0 Å². The SMILES string of the molecule is COCCN(Cc1nccn1C)CC1CCCN1. The summed E-state index contributed by atoms with van der Waals surface area (Å²) in [7, 11) is 3.80. The quantitative estimate of drug-likeness (QED) is 0.772. The molecule has 0 aromatic carbocycles. The van der Waals surface area contributed by atoms with E-state index in [1.54, 1.807) is 7.11 Å². The highest BCUT2D eigenvalue weighted by Crippen LogP contribution is 2.09. The van der Waals surface area contributed by atoms with Crippen molar-refractivity contribution < 1.29 is 4.74 Å². The van der Waals surface area contributed by atoms with Gasteiger partial charge in [-0.25, -0.2) is 4.98 Å². The Labute approximate surface area is 109 Å². The van der Waals surface area contributed by atoms with E-state index in [1.807, 2.05) is 19.4 Å². The molecule has 0 spiro atoms. The number of aromatic nitrogens is 2.